The van der Waals surface area contributed by atoms with Crippen molar-refractivity contribution in [2.24, 2.45) is 5.41 Å². The molecule has 1 aromatic rings. The van der Waals surface area contributed by atoms with Gasteiger partial charge in [-0.25, -0.2) is 0 Å². The number of phenols is 1. The number of likely N-dealkylation sites (tertiary alicyclic amines) is 1. The van der Waals surface area contributed by atoms with Crippen LogP contribution < -0.4 is 5.32 Å². The van der Waals surface area contributed by atoms with Gasteiger partial charge in [0, 0.05) is 48.0 Å². The molecule has 1 aliphatic carbocycles. The number of aromatic hydroxyl groups is 1. The van der Waals surface area contributed by atoms with Crippen molar-refractivity contribution in [1.29, 1.82) is 0 Å². The first-order valence-corrected chi connectivity index (χ1v) is 10.6. The summed E-state index contributed by atoms with van der Waals surface area (Å²) < 4.78 is 0. The van der Waals surface area contributed by atoms with E-state index in [-0.39, 0.29) is 28.8 Å². The first kappa shape index (κ1) is 19.7. The number of piperidine rings is 1. The maximum atomic E-state index is 13.6. The lowest BCUT2D eigenvalue weighted by Crippen LogP contribution is -2.43. The summed E-state index contributed by atoms with van der Waals surface area (Å²) >= 11 is 0. The molecular formula is C24H30N2O3. The van der Waals surface area contributed by atoms with E-state index in [1.54, 1.807) is 12.1 Å². The van der Waals surface area contributed by atoms with E-state index in [0.717, 1.165) is 61.3 Å². The molecule has 1 aromatic carbocycles. The summed E-state index contributed by atoms with van der Waals surface area (Å²) in [6.45, 7) is 7.70. The molecule has 0 saturated carbocycles. The minimum absolute atomic E-state index is 0.0250. The predicted molar refractivity (Wildman–Crippen MR) is 112 cm³/mol. The van der Waals surface area contributed by atoms with Crippen LogP contribution in [0.15, 0.2) is 46.8 Å². The minimum atomic E-state index is -0.384. The fourth-order valence-electron chi connectivity index (χ4n) is 4.99. The van der Waals surface area contributed by atoms with E-state index in [0.29, 0.717) is 12.0 Å². The average molecular weight is 395 g/mol. The fraction of sp³-hybridized carbons (Fsp3) is 0.500. The van der Waals surface area contributed by atoms with Gasteiger partial charge in [0.2, 0.25) is 0 Å². The number of Topliss-reactive ketones (excluding diaryl/α,β-unsaturated/α-hetero) is 1. The van der Waals surface area contributed by atoms with E-state index in [1.165, 1.54) is 0 Å². The second-order valence-corrected chi connectivity index (χ2v) is 9.37. The molecule has 5 heteroatoms. The summed E-state index contributed by atoms with van der Waals surface area (Å²) in [4.78, 5) is 28.7. The van der Waals surface area contributed by atoms with Crippen LogP contribution in [0.2, 0.25) is 0 Å². The van der Waals surface area contributed by atoms with Crippen molar-refractivity contribution >= 4 is 11.7 Å². The standard InChI is InChI=1S/C24H30N2O3/c1-15-20(23(29)26-11-5-4-6-12-26)21(16-7-9-17(27)10-8-16)22-18(25-15)13-24(2,3)14-19(22)28/h7-10,21,25,27H,4-6,11-14H2,1-3H3/t21-/m0/s1. The van der Waals surface area contributed by atoms with Crippen LogP contribution >= 0.6 is 0 Å². The molecule has 0 spiro atoms. The third-order valence-electron chi connectivity index (χ3n) is 6.34. The number of hydrogen-bond acceptors (Lipinski definition) is 4. The Morgan fingerprint density at radius 3 is 2.41 bits per heavy atom. The number of benzene rings is 1. The molecule has 2 aliphatic heterocycles. The van der Waals surface area contributed by atoms with Crippen molar-refractivity contribution in [3.8, 4) is 5.75 Å². The number of nitrogens with zero attached hydrogens (tertiary/aromatic N) is 1. The number of carbonyl (C=O) groups is 2. The highest BCUT2D eigenvalue weighted by Gasteiger charge is 2.43. The topological polar surface area (TPSA) is 69.6 Å². The molecule has 5 nitrogen and oxygen atoms in total. The summed E-state index contributed by atoms with van der Waals surface area (Å²) in [6.07, 6.45) is 4.47. The van der Waals surface area contributed by atoms with Gasteiger partial charge >= 0.3 is 0 Å². The van der Waals surface area contributed by atoms with Crippen molar-refractivity contribution in [1.82, 2.24) is 10.2 Å². The summed E-state index contributed by atoms with van der Waals surface area (Å²) in [5.41, 5.74) is 3.95. The zero-order valence-corrected chi connectivity index (χ0v) is 17.5. The van der Waals surface area contributed by atoms with Crippen molar-refractivity contribution in [3.05, 3.63) is 52.4 Å². The van der Waals surface area contributed by atoms with Gasteiger partial charge in [0.25, 0.3) is 5.91 Å². The largest absolute Gasteiger partial charge is 0.508 e. The molecule has 2 N–H and O–H groups in total. The summed E-state index contributed by atoms with van der Waals surface area (Å²) in [6, 6.07) is 6.93. The van der Waals surface area contributed by atoms with E-state index in [2.05, 4.69) is 19.2 Å². The van der Waals surface area contributed by atoms with Gasteiger partial charge < -0.3 is 15.3 Å². The molecule has 4 rings (SSSR count). The molecule has 0 radical (unpaired) electrons. The van der Waals surface area contributed by atoms with E-state index in [4.69, 9.17) is 0 Å². The molecule has 1 saturated heterocycles. The van der Waals surface area contributed by atoms with Gasteiger partial charge in [-0.3, -0.25) is 9.59 Å². The smallest absolute Gasteiger partial charge is 0.252 e. The fourth-order valence-corrected chi connectivity index (χ4v) is 4.99. The normalized spacial score (nSPS) is 24.3. The molecule has 0 aromatic heterocycles. The van der Waals surface area contributed by atoms with Crippen LogP contribution in [-0.2, 0) is 9.59 Å². The first-order valence-electron chi connectivity index (χ1n) is 10.6. The Labute approximate surface area is 172 Å². The van der Waals surface area contributed by atoms with Crippen LogP contribution in [0, 0.1) is 5.41 Å². The number of rotatable bonds is 2. The number of nitrogens with one attached hydrogen (secondary N) is 1. The van der Waals surface area contributed by atoms with Crippen LogP contribution in [0.3, 0.4) is 0 Å². The Balaban J connectivity index is 1.82. The van der Waals surface area contributed by atoms with E-state index in [1.807, 2.05) is 24.0 Å². The van der Waals surface area contributed by atoms with Crippen LogP contribution in [0.1, 0.15) is 64.4 Å². The Kier molecular flexibility index (Phi) is 5.01. The zero-order chi connectivity index (χ0) is 20.8. The van der Waals surface area contributed by atoms with Crippen molar-refractivity contribution in [2.45, 2.75) is 58.8 Å². The van der Waals surface area contributed by atoms with Crippen molar-refractivity contribution in [3.63, 3.8) is 0 Å². The third-order valence-corrected chi connectivity index (χ3v) is 6.34. The summed E-state index contributed by atoms with van der Waals surface area (Å²) in [5, 5.41) is 13.2. The number of phenolic OH excluding ortho intramolecular Hbond substituents is 1. The Bertz CT molecular complexity index is 903. The van der Waals surface area contributed by atoms with Crippen molar-refractivity contribution in [2.75, 3.05) is 13.1 Å². The van der Waals surface area contributed by atoms with Gasteiger partial charge in [-0.1, -0.05) is 26.0 Å². The van der Waals surface area contributed by atoms with E-state index in [9.17, 15) is 14.7 Å². The van der Waals surface area contributed by atoms with Crippen LogP contribution in [-0.4, -0.2) is 34.8 Å². The average Bonchev–Trinajstić information content (AvgIpc) is 2.67. The van der Waals surface area contributed by atoms with Crippen molar-refractivity contribution < 1.29 is 14.7 Å². The number of amides is 1. The Morgan fingerprint density at radius 2 is 1.76 bits per heavy atom. The third kappa shape index (κ3) is 3.70. The maximum Gasteiger partial charge on any atom is 0.252 e. The molecule has 0 unspecified atom stereocenters. The second-order valence-electron chi connectivity index (χ2n) is 9.37. The van der Waals surface area contributed by atoms with Gasteiger partial charge in [0.05, 0.1) is 0 Å². The van der Waals surface area contributed by atoms with Gasteiger partial charge in [0.15, 0.2) is 5.78 Å². The molecule has 0 bridgehead atoms. The molecule has 2 heterocycles. The molecule has 29 heavy (non-hydrogen) atoms. The Hall–Kier alpha value is -2.56. The molecule has 1 atom stereocenters. The number of allylic oxidation sites excluding steroid dienone is 3. The predicted octanol–water partition coefficient (Wildman–Crippen LogP) is 4.01. The quantitative estimate of drug-likeness (QED) is 0.795. The summed E-state index contributed by atoms with van der Waals surface area (Å²) in [5.74, 6) is -0.0716. The highest BCUT2D eigenvalue weighted by atomic mass is 16.3. The molecule has 3 aliphatic rings. The Morgan fingerprint density at radius 1 is 1.10 bits per heavy atom. The van der Waals surface area contributed by atoms with Crippen LogP contribution in [0.5, 0.6) is 5.75 Å². The monoisotopic (exact) mass is 394 g/mol. The van der Waals surface area contributed by atoms with Gasteiger partial charge in [-0.2, -0.15) is 0 Å². The van der Waals surface area contributed by atoms with Gasteiger partial charge in [-0.15, -0.1) is 0 Å². The lowest BCUT2D eigenvalue weighted by atomic mass is 9.68. The lowest BCUT2D eigenvalue weighted by Gasteiger charge is -2.41. The van der Waals surface area contributed by atoms with Crippen LogP contribution in [0.25, 0.3) is 0 Å². The summed E-state index contributed by atoms with van der Waals surface area (Å²) in [7, 11) is 0. The first-order chi connectivity index (χ1) is 13.8. The second kappa shape index (κ2) is 7.36. The highest BCUT2D eigenvalue weighted by Crippen LogP contribution is 2.47. The molecule has 1 amide bonds. The maximum absolute atomic E-state index is 13.6. The SMILES string of the molecule is CC1=C(C(=O)N2CCCCC2)[C@H](c2ccc(O)cc2)C2=C(CC(C)(C)CC2=O)N1. The highest BCUT2D eigenvalue weighted by molar-refractivity contribution is 6.05. The molecule has 1 fully saturated rings. The van der Waals surface area contributed by atoms with Gasteiger partial charge in [-0.05, 0) is 55.7 Å². The molecule has 154 valence electrons. The zero-order valence-electron chi connectivity index (χ0n) is 17.5. The lowest BCUT2D eigenvalue weighted by molar-refractivity contribution is -0.128. The van der Waals surface area contributed by atoms with Crippen LogP contribution in [0.4, 0.5) is 0 Å². The number of dihydropyridines is 1. The van der Waals surface area contributed by atoms with E-state index >= 15 is 0 Å². The number of hydrogen-bond donors (Lipinski definition) is 2. The number of ketones is 1. The number of carbonyl (C=O) groups excluding carboxylic acids is 2. The van der Waals surface area contributed by atoms with Gasteiger partial charge in [0.1, 0.15) is 5.75 Å². The molecular weight excluding hydrogens is 364 g/mol. The van der Waals surface area contributed by atoms with E-state index < -0.39 is 0 Å². The minimum Gasteiger partial charge on any atom is -0.508 e.